The second-order valence-corrected chi connectivity index (χ2v) is 13.3. The Labute approximate surface area is 296 Å². The maximum Gasteiger partial charge on any atom is 0.145 e. The van der Waals surface area contributed by atoms with E-state index < -0.39 is 0 Å². The van der Waals surface area contributed by atoms with E-state index in [1.807, 2.05) is 73.7 Å². The zero-order chi connectivity index (χ0) is 34.7. The van der Waals surface area contributed by atoms with Crippen molar-refractivity contribution in [2.75, 3.05) is 0 Å². The Morgan fingerprint density at radius 2 is 0.904 bits per heavy atom. The van der Waals surface area contributed by atoms with Gasteiger partial charge in [-0.25, -0.2) is 0 Å². The van der Waals surface area contributed by atoms with Crippen molar-refractivity contribution in [3.8, 4) is 23.5 Å². The molecule has 0 atom stereocenters. The van der Waals surface area contributed by atoms with Crippen LogP contribution >= 0.6 is 0 Å². The summed E-state index contributed by atoms with van der Waals surface area (Å²) in [4.78, 5) is 0. The maximum atomic E-state index is 10.9. The fraction of sp³-hybridized carbons (Fsp3) is 0.0435. The summed E-state index contributed by atoms with van der Waals surface area (Å²) in [5.74, 6) is 0. The van der Waals surface area contributed by atoms with Crippen molar-refractivity contribution in [3.05, 3.63) is 144 Å². The zero-order valence-electron chi connectivity index (χ0n) is 27.9. The lowest BCUT2D eigenvalue weighted by Crippen LogP contribution is -2.08. The molecule has 4 aromatic heterocycles. The molecule has 0 unspecified atom stereocenters. The van der Waals surface area contributed by atoms with Gasteiger partial charge in [-0.05, 0) is 66.6 Å². The summed E-state index contributed by atoms with van der Waals surface area (Å²) in [6.07, 6.45) is 0.503. The van der Waals surface area contributed by atoms with Crippen molar-refractivity contribution in [2.45, 2.75) is 13.3 Å². The molecule has 242 valence electrons. The molecule has 0 saturated heterocycles. The summed E-state index contributed by atoms with van der Waals surface area (Å²) in [6.45, 7) is 2.01. The van der Waals surface area contributed by atoms with Gasteiger partial charge in [-0.1, -0.05) is 79.7 Å². The number of nitrogens with zero attached hydrogens (tertiary/aromatic N) is 4. The van der Waals surface area contributed by atoms with Crippen molar-refractivity contribution in [2.24, 2.45) is 0 Å². The van der Waals surface area contributed by atoms with E-state index in [2.05, 4.69) is 81.9 Å². The fourth-order valence-electron chi connectivity index (χ4n) is 8.65. The Bertz CT molecular complexity index is 3200. The summed E-state index contributed by atoms with van der Waals surface area (Å²) in [6, 6.07) is 48.3. The summed E-state index contributed by atoms with van der Waals surface area (Å²) in [7, 11) is 0. The van der Waals surface area contributed by atoms with E-state index in [4.69, 9.17) is 8.83 Å². The molecule has 4 heterocycles. The van der Waals surface area contributed by atoms with Crippen LogP contribution in [0, 0.1) is 22.7 Å². The number of furan rings is 2. The quantitative estimate of drug-likeness (QED) is 0.188. The molecule has 7 aromatic carbocycles. The van der Waals surface area contributed by atoms with Crippen LogP contribution < -0.4 is 0 Å². The molecule has 0 aliphatic rings. The SMILES string of the molecule is CCc1c(C#N)c(-n2c3ccccc3c3c4oc5ccccc5c4ccc32)cc(-n2c3ccccc3c3c4oc5ccccc5c4ccc32)c1C#N. The summed E-state index contributed by atoms with van der Waals surface area (Å²) in [5, 5.41) is 30.0. The van der Waals surface area contributed by atoms with Gasteiger partial charge in [-0.15, -0.1) is 0 Å². The van der Waals surface area contributed by atoms with Gasteiger partial charge in [-0.2, -0.15) is 10.5 Å². The molecule has 0 amide bonds. The van der Waals surface area contributed by atoms with Crippen LogP contribution in [0.1, 0.15) is 23.6 Å². The molecular weight excluding hydrogens is 641 g/mol. The smallest absolute Gasteiger partial charge is 0.145 e. The van der Waals surface area contributed by atoms with Gasteiger partial charge >= 0.3 is 0 Å². The highest BCUT2D eigenvalue weighted by Gasteiger charge is 2.26. The minimum atomic E-state index is 0.482. The number of hydrogen-bond acceptors (Lipinski definition) is 4. The molecule has 0 bridgehead atoms. The number of rotatable bonds is 3. The third-order valence-corrected chi connectivity index (χ3v) is 10.8. The molecule has 0 aliphatic heterocycles. The molecule has 11 aromatic rings. The predicted octanol–water partition coefficient (Wildman–Crippen LogP) is 12.0. The Hall–Kier alpha value is -7.28. The first kappa shape index (κ1) is 28.5. The Kier molecular flexibility index (Phi) is 5.69. The summed E-state index contributed by atoms with van der Waals surface area (Å²) < 4.78 is 17.5. The van der Waals surface area contributed by atoms with Gasteiger partial charge in [0.15, 0.2) is 0 Å². The second kappa shape index (κ2) is 10.4. The largest absolute Gasteiger partial charge is 0.455 e. The molecule has 6 heteroatoms. The fourth-order valence-corrected chi connectivity index (χ4v) is 8.65. The predicted molar refractivity (Wildman–Crippen MR) is 208 cm³/mol. The van der Waals surface area contributed by atoms with Crippen molar-refractivity contribution in [1.82, 2.24) is 9.13 Å². The van der Waals surface area contributed by atoms with Crippen molar-refractivity contribution < 1.29 is 8.83 Å². The highest BCUT2D eigenvalue weighted by molar-refractivity contribution is 6.25. The van der Waals surface area contributed by atoms with Crippen LogP contribution in [0.4, 0.5) is 0 Å². The number of nitriles is 2. The number of benzene rings is 7. The van der Waals surface area contributed by atoms with Crippen LogP contribution in [-0.4, -0.2) is 9.13 Å². The molecule has 11 rings (SSSR count). The number of aromatic nitrogens is 2. The molecule has 0 radical (unpaired) electrons. The molecule has 0 spiro atoms. The summed E-state index contributed by atoms with van der Waals surface area (Å²) >= 11 is 0. The Morgan fingerprint density at radius 1 is 0.481 bits per heavy atom. The maximum absolute atomic E-state index is 10.9. The standard InChI is InChI=1S/C46H26N4O2/c1-2-26-33(24-47)39(49-35-15-7-3-13-31(35)43-37(49)21-19-29-27-11-5-9-17-41(27)51-45(29)43)23-40(34(26)25-48)50-36-16-8-4-14-32(36)44-38(50)22-20-30-28-12-6-10-18-42(28)52-46(30)44/h3-23H,2H2,1H3. The number of hydrogen-bond donors (Lipinski definition) is 0. The van der Waals surface area contributed by atoms with Crippen molar-refractivity contribution in [1.29, 1.82) is 10.5 Å². The van der Waals surface area contributed by atoms with Gasteiger partial charge in [0.1, 0.15) is 34.5 Å². The first-order valence-corrected chi connectivity index (χ1v) is 17.4. The molecule has 52 heavy (non-hydrogen) atoms. The lowest BCUT2D eigenvalue weighted by atomic mass is 9.95. The summed E-state index contributed by atoms with van der Waals surface area (Å²) in [5.41, 5.74) is 10.1. The van der Waals surface area contributed by atoms with Crippen LogP contribution in [0.2, 0.25) is 0 Å². The van der Waals surface area contributed by atoms with Crippen LogP contribution in [-0.2, 0) is 6.42 Å². The molecule has 0 saturated carbocycles. The highest BCUT2D eigenvalue weighted by Crippen LogP contribution is 2.44. The van der Waals surface area contributed by atoms with Gasteiger partial charge in [0.25, 0.3) is 0 Å². The van der Waals surface area contributed by atoms with Gasteiger partial charge in [0.2, 0.25) is 0 Å². The van der Waals surface area contributed by atoms with E-state index in [0.717, 1.165) is 87.5 Å². The topological polar surface area (TPSA) is 83.7 Å². The Morgan fingerprint density at radius 3 is 1.35 bits per heavy atom. The van der Waals surface area contributed by atoms with Gasteiger partial charge in [0.05, 0.1) is 55.3 Å². The van der Waals surface area contributed by atoms with E-state index in [0.29, 0.717) is 34.5 Å². The van der Waals surface area contributed by atoms with E-state index in [1.54, 1.807) is 0 Å². The van der Waals surface area contributed by atoms with E-state index in [9.17, 15) is 10.5 Å². The molecule has 0 fully saturated rings. The Balaban J connectivity index is 1.30. The lowest BCUT2D eigenvalue weighted by Gasteiger charge is -2.19. The second-order valence-electron chi connectivity index (χ2n) is 13.3. The van der Waals surface area contributed by atoms with Crippen LogP contribution in [0.3, 0.4) is 0 Å². The molecule has 6 nitrogen and oxygen atoms in total. The number of fused-ring (bicyclic) bond motifs is 14. The highest BCUT2D eigenvalue weighted by atomic mass is 16.3. The molecule has 0 N–H and O–H groups in total. The third kappa shape index (κ3) is 3.55. The van der Waals surface area contributed by atoms with E-state index in [1.165, 1.54) is 0 Å². The average molecular weight is 667 g/mol. The van der Waals surface area contributed by atoms with Crippen molar-refractivity contribution in [3.63, 3.8) is 0 Å². The van der Waals surface area contributed by atoms with Crippen LogP contribution in [0.15, 0.2) is 136 Å². The van der Waals surface area contributed by atoms with Gasteiger partial charge in [-0.3, -0.25) is 0 Å². The van der Waals surface area contributed by atoms with Crippen LogP contribution in [0.25, 0.3) is 98.9 Å². The van der Waals surface area contributed by atoms with E-state index in [-0.39, 0.29) is 0 Å². The van der Waals surface area contributed by atoms with E-state index >= 15 is 0 Å². The normalized spacial score (nSPS) is 12.0. The first-order valence-electron chi connectivity index (χ1n) is 17.4. The minimum absolute atomic E-state index is 0.482. The molecule has 0 aliphatic carbocycles. The first-order chi connectivity index (χ1) is 25.7. The molecular formula is C46H26N4O2. The van der Waals surface area contributed by atoms with Crippen LogP contribution in [0.5, 0.6) is 0 Å². The van der Waals surface area contributed by atoms with Gasteiger partial charge in [0, 0.05) is 32.3 Å². The number of para-hydroxylation sites is 4. The average Bonchev–Trinajstić information content (AvgIpc) is 3.94. The minimum Gasteiger partial charge on any atom is -0.455 e. The van der Waals surface area contributed by atoms with Crippen molar-refractivity contribution >= 4 is 87.5 Å². The lowest BCUT2D eigenvalue weighted by molar-refractivity contribution is 0.672. The monoisotopic (exact) mass is 666 g/mol. The zero-order valence-corrected chi connectivity index (χ0v) is 27.9. The van der Waals surface area contributed by atoms with Gasteiger partial charge < -0.3 is 18.0 Å². The third-order valence-electron chi connectivity index (χ3n) is 10.8.